The number of nitrogens with one attached hydrogen (secondary N) is 1. The Morgan fingerprint density at radius 2 is 2.00 bits per heavy atom. The van der Waals surface area contributed by atoms with E-state index in [2.05, 4.69) is 10.3 Å². The molecule has 1 aromatic carbocycles. The molecule has 0 fully saturated rings. The zero-order valence-electron chi connectivity index (χ0n) is 16.3. The molecule has 3 rings (SSSR count). The summed E-state index contributed by atoms with van der Waals surface area (Å²) in [4.78, 5) is 42.4. The highest BCUT2D eigenvalue weighted by Gasteiger charge is 2.19. The number of pyridine rings is 1. The average Bonchev–Trinajstić information content (AvgIpc) is 2.65. The first-order valence-corrected chi connectivity index (χ1v) is 8.92. The van der Waals surface area contributed by atoms with Crippen LogP contribution < -0.4 is 21.3 Å². The smallest absolute Gasteiger partial charge is 0.332 e. The van der Waals surface area contributed by atoms with E-state index in [0.717, 1.165) is 10.1 Å². The number of nitrogens with zero attached hydrogens (tertiary/aromatic N) is 3. The molecule has 8 heteroatoms. The predicted octanol–water partition coefficient (Wildman–Crippen LogP) is 1.75. The van der Waals surface area contributed by atoms with E-state index in [1.165, 1.54) is 11.6 Å². The van der Waals surface area contributed by atoms with Crippen molar-refractivity contribution >= 4 is 22.6 Å². The molecule has 2 heterocycles. The largest absolute Gasteiger partial charge is 0.493 e. The molecule has 0 aliphatic heterocycles. The summed E-state index contributed by atoms with van der Waals surface area (Å²) in [6.45, 7) is 5.44. The lowest BCUT2D eigenvalue weighted by Gasteiger charge is -2.14. The van der Waals surface area contributed by atoms with E-state index in [1.807, 2.05) is 26.0 Å². The third-order valence-electron chi connectivity index (χ3n) is 4.38. The lowest BCUT2D eigenvalue weighted by molar-refractivity contribution is -0.116. The first-order valence-electron chi connectivity index (χ1n) is 8.92. The number of anilines is 1. The number of aromatic nitrogens is 3. The lowest BCUT2D eigenvalue weighted by atomic mass is 10.2. The minimum Gasteiger partial charge on any atom is -0.493 e. The van der Waals surface area contributed by atoms with Gasteiger partial charge in [-0.25, -0.2) is 14.3 Å². The minimum atomic E-state index is -0.615. The average molecular weight is 382 g/mol. The molecule has 0 saturated heterocycles. The summed E-state index contributed by atoms with van der Waals surface area (Å²) in [6.07, 6.45) is 1.56. The first-order chi connectivity index (χ1) is 13.3. The van der Waals surface area contributed by atoms with E-state index in [4.69, 9.17) is 4.74 Å². The Hall–Kier alpha value is -3.42. The summed E-state index contributed by atoms with van der Waals surface area (Å²) in [6, 6.07) is 7.27. The summed E-state index contributed by atoms with van der Waals surface area (Å²) < 4.78 is 7.77. The molecule has 28 heavy (non-hydrogen) atoms. The summed E-state index contributed by atoms with van der Waals surface area (Å²) in [7, 11) is 1.51. The molecule has 0 atom stereocenters. The summed E-state index contributed by atoms with van der Waals surface area (Å²) in [5, 5.41) is 2.90. The Morgan fingerprint density at radius 3 is 2.68 bits per heavy atom. The first kappa shape index (κ1) is 19.3. The van der Waals surface area contributed by atoms with Crippen LogP contribution in [0.15, 0.2) is 40.1 Å². The van der Waals surface area contributed by atoms with Gasteiger partial charge in [0, 0.05) is 24.5 Å². The Morgan fingerprint density at radius 1 is 1.25 bits per heavy atom. The number of aryl methyl sites for hydroxylation is 3. The van der Waals surface area contributed by atoms with E-state index in [9.17, 15) is 14.4 Å². The molecule has 2 aromatic heterocycles. The van der Waals surface area contributed by atoms with Gasteiger partial charge in [0.05, 0.1) is 6.61 Å². The van der Waals surface area contributed by atoms with Crippen molar-refractivity contribution < 1.29 is 9.53 Å². The van der Waals surface area contributed by atoms with Crippen molar-refractivity contribution in [2.45, 2.75) is 27.3 Å². The number of carbonyl (C=O) groups is 1. The molecule has 0 aliphatic rings. The summed E-state index contributed by atoms with van der Waals surface area (Å²) in [5.41, 5.74) is 1.27. The van der Waals surface area contributed by atoms with Gasteiger partial charge in [-0.05, 0) is 38.5 Å². The molecular weight excluding hydrogens is 360 g/mol. The quantitative estimate of drug-likeness (QED) is 0.725. The van der Waals surface area contributed by atoms with Crippen molar-refractivity contribution in [1.82, 2.24) is 14.1 Å². The molecule has 3 aromatic rings. The number of hydrogen-bond donors (Lipinski definition) is 1. The van der Waals surface area contributed by atoms with Crippen LogP contribution in [-0.4, -0.2) is 26.6 Å². The second-order valence-electron chi connectivity index (χ2n) is 6.55. The van der Waals surface area contributed by atoms with Crippen LogP contribution in [0.5, 0.6) is 5.75 Å². The molecule has 0 bridgehead atoms. The van der Waals surface area contributed by atoms with Gasteiger partial charge in [-0.1, -0.05) is 12.1 Å². The molecule has 0 unspecified atom stereocenters. The second-order valence-corrected chi connectivity index (χ2v) is 6.55. The Labute approximate surface area is 161 Å². The third-order valence-corrected chi connectivity index (χ3v) is 4.38. The van der Waals surface area contributed by atoms with Crippen molar-refractivity contribution in [2.24, 2.45) is 7.05 Å². The van der Waals surface area contributed by atoms with Crippen LogP contribution in [0.3, 0.4) is 0 Å². The minimum absolute atomic E-state index is 0.187. The van der Waals surface area contributed by atoms with Gasteiger partial charge in [0.1, 0.15) is 17.7 Å². The van der Waals surface area contributed by atoms with E-state index >= 15 is 0 Å². The van der Waals surface area contributed by atoms with Crippen molar-refractivity contribution in [3.8, 4) is 5.75 Å². The highest BCUT2D eigenvalue weighted by Crippen LogP contribution is 2.24. The number of rotatable bonds is 5. The Bertz CT molecular complexity index is 1180. The van der Waals surface area contributed by atoms with Crippen molar-refractivity contribution in [3.05, 3.63) is 62.4 Å². The van der Waals surface area contributed by atoms with Crippen LogP contribution in [0.4, 0.5) is 5.69 Å². The fourth-order valence-electron chi connectivity index (χ4n) is 3.06. The van der Waals surface area contributed by atoms with Crippen LogP contribution in [-0.2, 0) is 18.4 Å². The van der Waals surface area contributed by atoms with Crippen molar-refractivity contribution in [1.29, 1.82) is 0 Å². The Kier molecular flexibility index (Phi) is 5.30. The number of hydrogen-bond acceptors (Lipinski definition) is 5. The molecule has 146 valence electrons. The van der Waals surface area contributed by atoms with E-state index in [1.54, 1.807) is 25.3 Å². The van der Waals surface area contributed by atoms with E-state index < -0.39 is 23.7 Å². The number of benzene rings is 1. The maximum absolute atomic E-state index is 13.0. The molecular formula is C20H22N4O4. The summed E-state index contributed by atoms with van der Waals surface area (Å²) >= 11 is 0. The van der Waals surface area contributed by atoms with Gasteiger partial charge in [0.15, 0.2) is 5.65 Å². The molecule has 8 nitrogen and oxygen atoms in total. The number of amides is 1. The van der Waals surface area contributed by atoms with Gasteiger partial charge < -0.3 is 10.1 Å². The predicted molar refractivity (Wildman–Crippen MR) is 107 cm³/mol. The zero-order valence-corrected chi connectivity index (χ0v) is 16.3. The normalized spacial score (nSPS) is 10.9. The number of carbonyl (C=O) groups excluding carboxylic acids is 1. The van der Waals surface area contributed by atoms with E-state index in [0.29, 0.717) is 23.6 Å². The lowest BCUT2D eigenvalue weighted by Crippen LogP contribution is -2.42. The highest BCUT2D eigenvalue weighted by molar-refractivity contribution is 5.91. The number of fused-ring (bicyclic) bond motifs is 1. The van der Waals surface area contributed by atoms with Crippen LogP contribution in [0.1, 0.15) is 18.1 Å². The van der Waals surface area contributed by atoms with Gasteiger partial charge in [-0.15, -0.1) is 0 Å². The maximum atomic E-state index is 13.0. The molecule has 1 amide bonds. The fraction of sp³-hybridized carbons (Fsp3) is 0.300. The molecule has 0 saturated carbocycles. The van der Waals surface area contributed by atoms with Gasteiger partial charge in [-0.3, -0.25) is 14.2 Å². The molecule has 0 aliphatic carbocycles. The van der Waals surface area contributed by atoms with Crippen LogP contribution >= 0.6 is 0 Å². The standard InChI is InChI=1S/C20H22N4O4/c1-5-28-17-13(3)10-21-18-16(17)19(26)24(20(27)23(18)4)11-15(25)22-14-8-6-7-12(2)9-14/h6-10H,5,11H2,1-4H3,(H,22,25). The summed E-state index contributed by atoms with van der Waals surface area (Å²) in [5.74, 6) is -0.0938. The van der Waals surface area contributed by atoms with Gasteiger partial charge in [0.25, 0.3) is 5.56 Å². The van der Waals surface area contributed by atoms with Crippen molar-refractivity contribution in [3.63, 3.8) is 0 Å². The monoisotopic (exact) mass is 382 g/mol. The second kappa shape index (κ2) is 7.67. The number of ether oxygens (including phenoxy) is 1. The molecule has 1 N–H and O–H groups in total. The van der Waals surface area contributed by atoms with Crippen LogP contribution in [0.25, 0.3) is 11.0 Å². The molecule has 0 spiro atoms. The Balaban J connectivity index is 2.08. The van der Waals surface area contributed by atoms with Crippen molar-refractivity contribution in [2.75, 3.05) is 11.9 Å². The van der Waals surface area contributed by atoms with Crippen LogP contribution in [0, 0.1) is 13.8 Å². The van der Waals surface area contributed by atoms with Gasteiger partial charge in [-0.2, -0.15) is 0 Å². The maximum Gasteiger partial charge on any atom is 0.332 e. The topological polar surface area (TPSA) is 95.2 Å². The van der Waals surface area contributed by atoms with Gasteiger partial charge in [0.2, 0.25) is 5.91 Å². The third kappa shape index (κ3) is 3.53. The molecule has 0 radical (unpaired) electrons. The highest BCUT2D eigenvalue weighted by atomic mass is 16.5. The van der Waals surface area contributed by atoms with E-state index in [-0.39, 0.29) is 11.0 Å². The fourth-order valence-corrected chi connectivity index (χ4v) is 3.06. The zero-order chi connectivity index (χ0) is 20.4. The SMILES string of the molecule is CCOc1c(C)cnc2c1c(=O)n(CC(=O)Nc1cccc(C)c1)c(=O)n2C. The van der Waals surface area contributed by atoms with Gasteiger partial charge >= 0.3 is 5.69 Å². The van der Waals surface area contributed by atoms with Crippen LogP contribution in [0.2, 0.25) is 0 Å².